The third kappa shape index (κ3) is 3.08. The average Bonchev–Trinajstić information content (AvgIpc) is 2.40. The lowest BCUT2D eigenvalue weighted by atomic mass is 9.41. The molecular formula is C15H12BF3. The third-order valence-corrected chi connectivity index (χ3v) is 2.99. The van der Waals surface area contributed by atoms with Crippen molar-refractivity contribution in [1.29, 1.82) is 0 Å². The van der Waals surface area contributed by atoms with E-state index >= 15 is 0 Å². The van der Waals surface area contributed by atoms with E-state index in [9.17, 15) is 13.2 Å². The van der Waals surface area contributed by atoms with Gasteiger partial charge in [-0.3, -0.25) is 0 Å². The molecule has 0 spiro atoms. The number of hydrogen-bond donors (Lipinski definition) is 0. The minimum Gasteiger partial charge on any atom is -0.166 e. The summed E-state index contributed by atoms with van der Waals surface area (Å²) in [6.45, 7) is 3.67. The molecule has 0 bridgehead atoms. The lowest BCUT2D eigenvalue weighted by Gasteiger charge is -2.12. The Morgan fingerprint density at radius 1 is 0.842 bits per heavy atom. The van der Waals surface area contributed by atoms with Crippen molar-refractivity contribution < 1.29 is 13.2 Å². The van der Waals surface area contributed by atoms with Crippen LogP contribution in [0.15, 0.2) is 67.2 Å². The highest BCUT2D eigenvalue weighted by Crippen LogP contribution is 2.28. The SMILES string of the molecule is C=CB(c1ccccc1)c1ccc(C(F)(F)F)cc1. The topological polar surface area (TPSA) is 0 Å². The molecule has 4 heteroatoms. The van der Waals surface area contributed by atoms with Crippen molar-refractivity contribution in [2.24, 2.45) is 0 Å². The first-order valence-electron chi connectivity index (χ1n) is 5.87. The molecule has 0 amide bonds. The molecule has 0 aliphatic heterocycles. The van der Waals surface area contributed by atoms with Gasteiger partial charge in [-0.05, 0) is 0 Å². The largest absolute Gasteiger partial charge is 0.416 e. The first-order valence-corrected chi connectivity index (χ1v) is 5.87. The minimum atomic E-state index is -4.30. The second-order valence-electron chi connectivity index (χ2n) is 4.24. The van der Waals surface area contributed by atoms with Gasteiger partial charge in [-0.1, -0.05) is 65.5 Å². The van der Waals surface area contributed by atoms with Gasteiger partial charge in [0.05, 0.1) is 5.56 Å². The minimum absolute atomic E-state index is 0.0940. The second-order valence-corrected chi connectivity index (χ2v) is 4.24. The molecule has 0 saturated heterocycles. The maximum absolute atomic E-state index is 12.5. The molecule has 0 aromatic heterocycles. The Kier molecular flexibility index (Phi) is 3.79. The second kappa shape index (κ2) is 5.35. The highest BCUT2D eigenvalue weighted by atomic mass is 19.4. The molecular weight excluding hydrogens is 248 g/mol. The van der Waals surface area contributed by atoms with Crippen LogP contribution in [0.1, 0.15) is 5.56 Å². The Morgan fingerprint density at radius 3 is 1.84 bits per heavy atom. The van der Waals surface area contributed by atoms with Crippen molar-refractivity contribution in [3.63, 3.8) is 0 Å². The molecule has 0 heterocycles. The predicted octanol–water partition coefficient (Wildman–Crippen LogP) is 3.04. The predicted molar refractivity (Wildman–Crippen MR) is 73.1 cm³/mol. The van der Waals surface area contributed by atoms with Gasteiger partial charge in [0.15, 0.2) is 0 Å². The van der Waals surface area contributed by atoms with Crippen molar-refractivity contribution >= 4 is 17.6 Å². The van der Waals surface area contributed by atoms with E-state index in [1.54, 1.807) is 5.98 Å². The fourth-order valence-corrected chi connectivity index (χ4v) is 2.00. The van der Waals surface area contributed by atoms with Crippen LogP contribution in [-0.2, 0) is 6.18 Å². The maximum Gasteiger partial charge on any atom is 0.416 e. The summed E-state index contributed by atoms with van der Waals surface area (Å²) < 4.78 is 37.5. The van der Waals surface area contributed by atoms with Crippen molar-refractivity contribution in [1.82, 2.24) is 0 Å². The summed E-state index contributed by atoms with van der Waals surface area (Å²) in [5, 5.41) is 0. The molecule has 0 fully saturated rings. The summed E-state index contributed by atoms with van der Waals surface area (Å²) in [5.41, 5.74) is 1.18. The van der Waals surface area contributed by atoms with Crippen molar-refractivity contribution in [3.8, 4) is 0 Å². The van der Waals surface area contributed by atoms with Crippen LogP contribution in [0.2, 0.25) is 0 Å². The zero-order valence-electron chi connectivity index (χ0n) is 10.2. The van der Waals surface area contributed by atoms with E-state index in [0.29, 0.717) is 0 Å². The molecule has 0 nitrogen and oxygen atoms in total. The normalized spacial score (nSPS) is 11.1. The van der Waals surface area contributed by atoms with E-state index in [2.05, 4.69) is 6.58 Å². The molecule has 2 aromatic carbocycles. The van der Waals surface area contributed by atoms with E-state index in [0.717, 1.165) is 23.1 Å². The summed E-state index contributed by atoms with van der Waals surface area (Å²) in [7, 11) is 0. The number of benzene rings is 2. The van der Waals surface area contributed by atoms with Gasteiger partial charge in [-0.25, -0.2) is 0 Å². The molecule has 2 rings (SSSR count). The van der Waals surface area contributed by atoms with Crippen molar-refractivity contribution in [2.45, 2.75) is 6.18 Å². The Bertz CT molecular complexity index is 544. The first-order chi connectivity index (χ1) is 9.02. The molecule has 0 radical (unpaired) electrons. The summed E-state index contributed by atoms with van der Waals surface area (Å²) in [6.07, 6.45) is -4.30. The molecule has 0 saturated carbocycles. The van der Waals surface area contributed by atoms with Crippen LogP contribution in [0.5, 0.6) is 0 Å². The van der Waals surface area contributed by atoms with Crippen molar-refractivity contribution in [2.75, 3.05) is 0 Å². The summed E-state index contributed by atoms with van der Waals surface area (Å²) in [4.78, 5) is 0. The lowest BCUT2D eigenvalue weighted by Crippen LogP contribution is -2.40. The van der Waals surface area contributed by atoms with Crippen molar-refractivity contribution in [3.05, 3.63) is 72.7 Å². The molecule has 96 valence electrons. The van der Waals surface area contributed by atoms with Gasteiger partial charge in [-0.2, -0.15) is 13.2 Å². The van der Waals surface area contributed by atoms with E-state index in [-0.39, 0.29) is 6.71 Å². The Hall–Kier alpha value is -1.97. The van der Waals surface area contributed by atoms with Gasteiger partial charge >= 0.3 is 6.18 Å². The maximum atomic E-state index is 12.5. The van der Waals surface area contributed by atoms with Gasteiger partial charge in [-0.15, -0.1) is 12.6 Å². The van der Waals surface area contributed by atoms with Crippen LogP contribution in [0.25, 0.3) is 0 Å². The molecule has 0 atom stereocenters. The molecule has 19 heavy (non-hydrogen) atoms. The molecule has 0 unspecified atom stereocenters. The highest BCUT2D eigenvalue weighted by Gasteiger charge is 2.30. The number of rotatable bonds is 3. The number of halogens is 3. The van der Waals surface area contributed by atoms with E-state index < -0.39 is 11.7 Å². The molecule has 2 aromatic rings. The zero-order chi connectivity index (χ0) is 13.9. The van der Waals surface area contributed by atoms with Gasteiger partial charge in [0.25, 0.3) is 0 Å². The van der Waals surface area contributed by atoms with Crippen LogP contribution in [-0.4, -0.2) is 6.71 Å². The van der Waals surface area contributed by atoms with Crippen LogP contribution < -0.4 is 10.9 Å². The van der Waals surface area contributed by atoms with Crippen LogP contribution in [0.3, 0.4) is 0 Å². The van der Waals surface area contributed by atoms with E-state index in [1.807, 2.05) is 30.3 Å². The summed E-state index contributed by atoms with van der Waals surface area (Å²) in [6, 6.07) is 14.8. The average molecular weight is 260 g/mol. The lowest BCUT2D eigenvalue weighted by molar-refractivity contribution is -0.137. The molecule has 0 N–H and O–H groups in total. The quantitative estimate of drug-likeness (QED) is 0.744. The van der Waals surface area contributed by atoms with E-state index in [1.165, 1.54) is 12.1 Å². The van der Waals surface area contributed by atoms with Crippen LogP contribution in [0, 0.1) is 0 Å². The zero-order valence-corrected chi connectivity index (χ0v) is 10.2. The monoisotopic (exact) mass is 260 g/mol. The number of hydrogen-bond acceptors (Lipinski definition) is 0. The van der Waals surface area contributed by atoms with Crippen LogP contribution >= 0.6 is 0 Å². The third-order valence-electron chi connectivity index (χ3n) is 2.99. The molecule has 0 aliphatic carbocycles. The van der Waals surface area contributed by atoms with Gasteiger partial charge in [0, 0.05) is 0 Å². The first kappa shape index (κ1) is 13.5. The Morgan fingerprint density at radius 2 is 1.37 bits per heavy atom. The van der Waals surface area contributed by atoms with Gasteiger partial charge < -0.3 is 0 Å². The standard InChI is InChI=1S/C15H12BF3/c1-2-16(13-6-4-3-5-7-13)14-10-8-12(9-11-14)15(17,18)19/h2-11H,1H2. The van der Waals surface area contributed by atoms with Crippen LogP contribution in [0.4, 0.5) is 13.2 Å². The summed E-state index contributed by atoms with van der Waals surface area (Å²) >= 11 is 0. The Balaban J connectivity index is 2.33. The summed E-state index contributed by atoms with van der Waals surface area (Å²) in [5.74, 6) is 1.73. The highest BCUT2D eigenvalue weighted by molar-refractivity contribution is 6.89. The smallest absolute Gasteiger partial charge is 0.166 e. The Labute approximate surface area is 110 Å². The molecule has 0 aliphatic rings. The van der Waals surface area contributed by atoms with Gasteiger partial charge in [0.1, 0.15) is 0 Å². The van der Waals surface area contributed by atoms with E-state index in [4.69, 9.17) is 0 Å². The number of alkyl halides is 3. The van der Waals surface area contributed by atoms with Gasteiger partial charge in [0.2, 0.25) is 6.71 Å². The fourth-order valence-electron chi connectivity index (χ4n) is 2.00. The fraction of sp³-hybridized carbons (Fsp3) is 0.0667.